The number of benzene rings is 1. The number of rotatable bonds is 3. The predicted octanol–water partition coefficient (Wildman–Crippen LogP) is 1.93. The first-order valence-corrected chi connectivity index (χ1v) is 6.56. The second-order valence-corrected chi connectivity index (χ2v) is 4.69. The van der Waals surface area contributed by atoms with E-state index in [2.05, 4.69) is 10.6 Å². The summed E-state index contributed by atoms with van der Waals surface area (Å²) in [5, 5.41) is 5.46. The fraction of sp³-hybridized carbons (Fsp3) is 0.200. The number of carbonyl (C=O) groups excluding carboxylic acids is 2. The Morgan fingerprint density at radius 1 is 1.33 bits per heavy atom. The average molecular weight is 286 g/mol. The maximum absolute atomic E-state index is 12.3. The molecule has 2 heterocycles. The molecule has 2 N–H and O–H groups in total. The Hall–Kier alpha value is -2.76. The van der Waals surface area contributed by atoms with Gasteiger partial charge in [0.2, 0.25) is 0 Å². The zero-order valence-electron chi connectivity index (χ0n) is 11.4. The van der Waals surface area contributed by atoms with Crippen LogP contribution in [0.3, 0.4) is 0 Å². The number of anilines is 1. The van der Waals surface area contributed by atoms with Gasteiger partial charge in [0, 0.05) is 0 Å². The van der Waals surface area contributed by atoms with Crippen LogP contribution in [0.2, 0.25) is 0 Å². The molecule has 0 bridgehead atoms. The van der Waals surface area contributed by atoms with Crippen molar-refractivity contribution in [1.82, 2.24) is 5.32 Å². The van der Waals surface area contributed by atoms with Crippen molar-refractivity contribution in [1.29, 1.82) is 0 Å². The summed E-state index contributed by atoms with van der Waals surface area (Å²) >= 11 is 0. The smallest absolute Gasteiger partial charge is 0.265 e. The molecule has 1 aromatic heterocycles. The van der Waals surface area contributed by atoms with Gasteiger partial charge in [0.05, 0.1) is 24.1 Å². The molecule has 0 saturated heterocycles. The quantitative estimate of drug-likeness (QED) is 0.903. The minimum Gasteiger partial charge on any atom is -0.478 e. The highest BCUT2D eigenvalue weighted by Crippen LogP contribution is 2.33. The van der Waals surface area contributed by atoms with Crippen molar-refractivity contribution < 1.29 is 18.7 Å². The van der Waals surface area contributed by atoms with Crippen LogP contribution in [0.25, 0.3) is 0 Å². The zero-order chi connectivity index (χ0) is 14.8. The first kappa shape index (κ1) is 13.2. The molecule has 0 spiro atoms. The van der Waals surface area contributed by atoms with E-state index >= 15 is 0 Å². The Balaban J connectivity index is 1.80. The Labute approximate surface area is 121 Å². The van der Waals surface area contributed by atoms with Gasteiger partial charge in [-0.2, -0.15) is 0 Å². The fourth-order valence-electron chi connectivity index (χ4n) is 2.08. The zero-order valence-corrected chi connectivity index (χ0v) is 11.4. The van der Waals surface area contributed by atoms with Gasteiger partial charge in [-0.15, -0.1) is 0 Å². The summed E-state index contributed by atoms with van der Waals surface area (Å²) in [5.74, 6) is 0.541. The normalized spacial score (nSPS) is 16.6. The van der Waals surface area contributed by atoms with Crippen LogP contribution in [0.15, 0.2) is 41.0 Å². The molecule has 21 heavy (non-hydrogen) atoms. The second-order valence-electron chi connectivity index (χ2n) is 4.69. The number of carbonyl (C=O) groups is 2. The molecule has 1 unspecified atom stereocenters. The molecule has 6 heteroatoms. The number of furan rings is 1. The van der Waals surface area contributed by atoms with Gasteiger partial charge in [0.25, 0.3) is 11.8 Å². The summed E-state index contributed by atoms with van der Waals surface area (Å²) in [4.78, 5) is 23.8. The Morgan fingerprint density at radius 3 is 2.95 bits per heavy atom. The van der Waals surface area contributed by atoms with Crippen molar-refractivity contribution in [3.8, 4) is 5.75 Å². The number of amides is 2. The number of para-hydroxylation sites is 1. The molecule has 1 aliphatic heterocycles. The van der Waals surface area contributed by atoms with Crippen molar-refractivity contribution in [2.45, 2.75) is 19.6 Å². The van der Waals surface area contributed by atoms with Gasteiger partial charge in [-0.3, -0.25) is 9.59 Å². The molecule has 6 nitrogen and oxygen atoms in total. The van der Waals surface area contributed by atoms with Crippen molar-refractivity contribution >= 4 is 17.5 Å². The third kappa shape index (κ3) is 2.60. The van der Waals surface area contributed by atoms with E-state index in [0.717, 1.165) is 0 Å². The summed E-state index contributed by atoms with van der Waals surface area (Å²) in [5.41, 5.74) is 0.884. The SMILES string of the molecule is CC1Oc2c(cccc2C(=O)NCc2ccco2)NC1=O. The molecule has 1 atom stereocenters. The molecule has 0 aliphatic carbocycles. The first-order chi connectivity index (χ1) is 10.1. The maximum Gasteiger partial charge on any atom is 0.265 e. The fourth-order valence-corrected chi connectivity index (χ4v) is 2.08. The van der Waals surface area contributed by atoms with Crippen molar-refractivity contribution in [2.24, 2.45) is 0 Å². The Morgan fingerprint density at radius 2 is 2.19 bits per heavy atom. The van der Waals surface area contributed by atoms with Crippen LogP contribution >= 0.6 is 0 Å². The minimum atomic E-state index is -0.628. The monoisotopic (exact) mass is 286 g/mol. The van der Waals surface area contributed by atoms with Crippen LogP contribution < -0.4 is 15.4 Å². The van der Waals surface area contributed by atoms with E-state index in [0.29, 0.717) is 22.8 Å². The lowest BCUT2D eigenvalue weighted by atomic mass is 10.1. The van der Waals surface area contributed by atoms with E-state index in [-0.39, 0.29) is 18.4 Å². The van der Waals surface area contributed by atoms with Gasteiger partial charge in [-0.05, 0) is 31.2 Å². The second kappa shape index (κ2) is 5.32. The van der Waals surface area contributed by atoms with E-state index in [4.69, 9.17) is 9.15 Å². The topological polar surface area (TPSA) is 80.6 Å². The van der Waals surface area contributed by atoms with Gasteiger partial charge in [0.15, 0.2) is 11.9 Å². The molecule has 2 aromatic rings. The summed E-state index contributed by atoms with van der Waals surface area (Å²) in [7, 11) is 0. The lowest BCUT2D eigenvalue weighted by molar-refractivity contribution is -0.122. The number of ether oxygens (including phenoxy) is 1. The van der Waals surface area contributed by atoms with Gasteiger partial charge in [-0.1, -0.05) is 6.07 Å². The molecule has 0 saturated carbocycles. The van der Waals surface area contributed by atoms with Gasteiger partial charge < -0.3 is 19.8 Å². The van der Waals surface area contributed by atoms with E-state index in [1.807, 2.05) is 0 Å². The molecule has 3 rings (SSSR count). The highest BCUT2D eigenvalue weighted by atomic mass is 16.5. The number of fused-ring (bicyclic) bond motifs is 1. The lowest BCUT2D eigenvalue weighted by Gasteiger charge is -2.24. The standard InChI is InChI=1S/C15H14N2O4/c1-9-14(18)17-12-6-2-5-11(13(12)21-9)15(19)16-8-10-4-3-7-20-10/h2-7,9H,8H2,1H3,(H,16,19)(H,17,18). The van der Waals surface area contributed by atoms with Crippen LogP contribution in [0.5, 0.6) is 5.75 Å². The number of hydrogen-bond donors (Lipinski definition) is 2. The molecule has 108 valence electrons. The average Bonchev–Trinajstić information content (AvgIpc) is 2.99. The van der Waals surface area contributed by atoms with E-state index in [1.54, 1.807) is 43.5 Å². The third-order valence-electron chi connectivity index (χ3n) is 3.18. The molecule has 2 amide bonds. The van der Waals surface area contributed by atoms with Crippen molar-refractivity contribution in [3.05, 3.63) is 47.9 Å². The summed E-state index contributed by atoms with van der Waals surface area (Å²) in [6.07, 6.45) is 0.920. The molecule has 0 fully saturated rings. The van der Waals surface area contributed by atoms with Gasteiger partial charge in [-0.25, -0.2) is 0 Å². The van der Waals surface area contributed by atoms with Crippen molar-refractivity contribution in [2.75, 3.05) is 5.32 Å². The van der Waals surface area contributed by atoms with Crippen LogP contribution in [-0.4, -0.2) is 17.9 Å². The Bertz CT molecular complexity index is 679. The van der Waals surface area contributed by atoms with Crippen LogP contribution in [0, 0.1) is 0 Å². The summed E-state index contributed by atoms with van der Waals surface area (Å²) in [6, 6.07) is 8.58. The van der Waals surface area contributed by atoms with E-state index in [1.165, 1.54) is 0 Å². The predicted molar refractivity (Wildman–Crippen MR) is 75.0 cm³/mol. The minimum absolute atomic E-state index is 0.226. The van der Waals surface area contributed by atoms with Gasteiger partial charge >= 0.3 is 0 Å². The highest BCUT2D eigenvalue weighted by molar-refractivity contribution is 6.03. The van der Waals surface area contributed by atoms with Crippen LogP contribution in [-0.2, 0) is 11.3 Å². The molecule has 0 radical (unpaired) electrons. The van der Waals surface area contributed by atoms with E-state index in [9.17, 15) is 9.59 Å². The van der Waals surface area contributed by atoms with E-state index < -0.39 is 6.10 Å². The maximum atomic E-state index is 12.3. The largest absolute Gasteiger partial charge is 0.478 e. The van der Waals surface area contributed by atoms with Crippen molar-refractivity contribution in [3.63, 3.8) is 0 Å². The third-order valence-corrected chi connectivity index (χ3v) is 3.18. The van der Waals surface area contributed by atoms with Gasteiger partial charge in [0.1, 0.15) is 5.76 Å². The molecule has 1 aromatic carbocycles. The van der Waals surface area contributed by atoms with Crippen LogP contribution in [0.4, 0.5) is 5.69 Å². The summed E-state index contributed by atoms with van der Waals surface area (Å²) < 4.78 is 10.7. The molecular formula is C15H14N2O4. The molecule has 1 aliphatic rings. The molecular weight excluding hydrogens is 272 g/mol. The Kier molecular flexibility index (Phi) is 3.35. The highest BCUT2D eigenvalue weighted by Gasteiger charge is 2.27. The number of nitrogens with one attached hydrogen (secondary N) is 2. The summed E-state index contributed by atoms with van der Waals surface area (Å²) in [6.45, 7) is 1.92. The first-order valence-electron chi connectivity index (χ1n) is 6.56. The number of hydrogen-bond acceptors (Lipinski definition) is 4. The lowest BCUT2D eigenvalue weighted by Crippen LogP contribution is -2.35. The van der Waals surface area contributed by atoms with Crippen LogP contribution in [0.1, 0.15) is 23.0 Å².